The lowest BCUT2D eigenvalue weighted by atomic mass is 9.96. The SMILES string of the molecule is CCOC(=O)C(Cc1ccc(-c2ccccc2)cc1)C(=O)NCC(C)=O. The largest absolute Gasteiger partial charge is 0.465 e. The average Bonchev–Trinajstić information content (AvgIpc) is 2.65. The van der Waals surface area contributed by atoms with Gasteiger partial charge in [-0.25, -0.2) is 0 Å². The first kappa shape index (κ1) is 19.4. The first-order valence-corrected chi connectivity index (χ1v) is 8.59. The molecule has 26 heavy (non-hydrogen) atoms. The number of rotatable bonds is 8. The van der Waals surface area contributed by atoms with Gasteiger partial charge in [0.2, 0.25) is 5.91 Å². The fourth-order valence-corrected chi connectivity index (χ4v) is 2.56. The predicted octanol–water partition coefficient (Wildman–Crippen LogP) is 2.78. The lowest BCUT2D eigenvalue weighted by Crippen LogP contribution is -2.39. The van der Waals surface area contributed by atoms with Crippen LogP contribution in [0.5, 0.6) is 0 Å². The van der Waals surface area contributed by atoms with E-state index in [1.54, 1.807) is 6.92 Å². The zero-order valence-electron chi connectivity index (χ0n) is 15.0. The summed E-state index contributed by atoms with van der Waals surface area (Å²) in [4.78, 5) is 35.5. The van der Waals surface area contributed by atoms with Gasteiger partial charge in [0.25, 0.3) is 0 Å². The summed E-state index contributed by atoms with van der Waals surface area (Å²) in [6.07, 6.45) is 0.220. The first-order chi connectivity index (χ1) is 12.5. The molecule has 2 aromatic carbocycles. The zero-order chi connectivity index (χ0) is 18.9. The van der Waals surface area contributed by atoms with Crippen molar-refractivity contribution in [3.63, 3.8) is 0 Å². The van der Waals surface area contributed by atoms with Gasteiger partial charge in [0.1, 0.15) is 11.7 Å². The van der Waals surface area contributed by atoms with Crippen molar-refractivity contribution in [1.29, 1.82) is 0 Å². The number of amides is 1. The molecule has 0 heterocycles. The van der Waals surface area contributed by atoms with E-state index in [1.807, 2.05) is 54.6 Å². The summed E-state index contributed by atoms with van der Waals surface area (Å²) in [5, 5.41) is 2.49. The summed E-state index contributed by atoms with van der Waals surface area (Å²) in [5.41, 5.74) is 3.00. The topological polar surface area (TPSA) is 72.5 Å². The molecule has 1 unspecified atom stereocenters. The van der Waals surface area contributed by atoms with Crippen LogP contribution < -0.4 is 5.32 Å². The van der Waals surface area contributed by atoms with Crippen LogP contribution in [0.15, 0.2) is 54.6 Å². The standard InChI is InChI=1S/C21H23NO4/c1-3-26-21(25)19(20(24)22-14-15(2)23)13-16-9-11-18(12-10-16)17-7-5-4-6-8-17/h4-12,19H,3,13-14H2,1-2H3,(H,22,24). The molecule has 0 aliphatic rings. The third-order valence-electron chi connectivity index (χ3n) is 3.90. The van der Waals surface area contributed by atoms with Gasteiger partial charge in [-0.15, -0.1) is 0 Å². The normalized spacial score (nSPS) is 11.5. The quantitative estimate of drug-likeness (QED) is 0.585. The van der Waals surface area contributed by atoms with Gasteiger partial charge in [-0.05, 0) is 37.0 Å². The first-order valence-electron chi connectivity index (χ1n) is 8.59. The van der Waals surface area contributed by atoms with Crippen LogP contribution in [-0.2, 0) is 25.5 Å². The minimum atomic E-state index is -0.975. The lowest BCUT2D eigenvalue weighted by Gasteiger charge is -2.15. The van der Waals surface area contributed by atoms with Crippen LogP contribution in [0.1, 0.15) is 19.4 Å². The van der Waals surface area contributed by atoms with Gasteiger partial charge in [-0.3, -0.25) is 14.4 Å². The van der Waals surface area contributed by atoms with Gasteiger partial charge in [-0.1, -0.05) is 54.6 Å². The van der Waals surface area contributed by atoms with Gasteiger partial charge in [0.05, 0.1) is 13.2 Å². The van der Waals surface area contributed by atoms with Gasteiger partial charge >= 0.3 is 5.97 Å². The Bertz CT molecular complexity index is 753. The highest BCUT2D eigenvalue weighted by Crippen LogP contribution is 2.20. The Morgan fingerprint density at radius 3 is 2.15 bits per heavy atom. The summed E-state index contributed by atoms with van der Waals surface area (Å²) in [5.74, 6) is -2.23. The summed E-state index contributed by atoms with van der Waals surface area (Å²) >= 11 is 0. The molecular weight excluding hydrogens is 330 g/mol. The molecule has 0 saturated carbocycles. The number of benzene rings is 2. The molecule has 1 atom stereocenters. The molecule has 2 aromatic rings. The van der Waals surface area contributed by atoms with E-state index in [0.717, 1.165) is 16.7 Å². The van der Waals surface area contributed by atoms with Crippen LogP contribution in [0.25, 0.3) is 11.1 Å². The number of Topliss-reactive ketones (excluding diaryl/α,β-unsaturated/α-hetero) is 1. The third kappa shape index (κ3) is 5.55. The molecule has 5 nitrogen and oxygen atoms in total. The van der Waals surface area contributed by atoms with Gasteiger partial charge < -0.3 is 10.1 Å². The fourth-order valence-electron chi connectivity index (χ4n) is 2.56. The molecule has 5 heteroatoms. The maximum absolute atomic E-state index is 12.3. The molecule has 0 aliphatic carbocycles. The Labute approximate surface area is 153 Å². The van der Waals surface area contributed by atoms with Gasteiger partial charge in [-0.2, -0.15) is 0 Å². The number of nitrogens with one attached hydrogen (secondary N) is 1. The molecule has 0 radical (unpaired) electrons. The number of carbonyl (C=O) groups excluding carboxylic acids is 3. The molecule has 0 saturated heterocycles. The minimum absolute atomic E-state index is 0.0956. The average molecular weight is 353 g/mol. The second kappa shape index (κ2) is 9.51. The van der Waals surface area contributed by atoms with Gasteiger partial charge in [0.15, 0.2) is 0 Å². The molecule has 1 amide bonds. The van der Waals surface area contributed by atoms with E-state index in [4.69, 9.17) is 4.74 Å². The van der Waals surface area contributed by atoms with E-state index < -0.39 is 17.8 Å². The van der Waals surface area contributed by atoms with Crippen molar-refractivity contribution in [2.24, 2.45) is 5.92 Å². The second-order valence-electron chi connectivity index (χ2n) is 5.99. The van der Waals surface area contributed by atoms with Gasteiger partial charge in [0, 0.05) is 0 Å². The highest BCUT2D eigenvalue weighted by atomic mass is 16.5. The van der Waals surface area contributed by atoms with E-state index >= 15 is 0 Å². The molecule has 1 N–H and O–H groups in total. The highest BCUT2D eigenvalue weighted by Gasteiger charge is 2.28. The molecule has 136 valence electrons. The Kier molecular flexibility index (Phi) is 7.09. The maximum Gasteiger partial charge on any atom is 0.318 e. The molecular formula is C21H23NO4. The molecule has 0 bridgehead atoms. The van der Waals surface area contributed by atoms with Crippen molar-refractivity contribution in [1.82, 2.24) is 5.32 Å². The van der Waals surface area contributed by atoms with Crippen LogP contribution in [0.4, 0.5) is 0 Å². The van der Waals surface area contributed by atoms with E-state index in [0.29, 0.717) is 0 Å². The Morgan fingerprint density at radius 2 is 1.58 bits per heavy atom. The van der Waals surface area contributed by atoms with Crippen molar-refractivity contribution in [3.05, 3.63) is 60.2 Å². The summed E-state index contributed by atoms with van der Waals surface area (Å²) in [7, 11) is 0. The van der Waals surface area contributed by atoms with Crippen molar-refractivity contribution in [3.8, 4) is 11.1 Å². The summed E-state index contributed by atoms with van der Waals surface area (Å²) in [6.45, 7) is 3.17. The lowest BCUT2D eigenvalue weighted by molar-refractivity contribution is -0.152. The zero-order valence-corrected chi connectivity index (χ0v) is 15.0. The van der Waals surface area contributed by atoms with Crippen LogP contribution in [0, 0.1) is 5.92 Å². The Morgan fingerprint density at radius 1 is 0.962 bits per heavy atom. The molecule has 0 aliphatic heterocycles. The van der Waals surface area contributed by atoms with Crippen LogP contribution >= 0.6 is 0 Å². The number of hydrogen-bond donors (Lipinski definition) is 1. The van der Waals surface area contributed by atoms with Crippen LogP contribution in [0.2, 0.25) is 0 Å². The molecule has 0 fully saturated rings. The van der Waals surface area contributed by atoms with E-state index in [2.05, 4.69) is 5.32 Å². The number of carbonyl (C=O) groups is 3. The van der Waals surface area contributed by atoms with Crippen molar-refractivity contribution in [2.45, 2.75) is 20.3 Å². The Balaban J connectivity index is 2.12. The smallest absolute Gasteiger partial charge is 0.318 e. The second-order valence-corrected chi connectivity index (χ2v) is 5.99. The minimum Gasteiger partial charge on any atom is -0.465 e. The highest BCUT2D eigenvalue weighted by molar-refractivity contribution is 5.99. The fraction of sp³-hybridized carbons (Fsp3) is 0.286. The number of ether oxygens (including phenoxy) is 1. The number of hydrogen-bond acceptors (Lipinski definition) is 4. The van der Waals surface area contributed by atoms with Crippen LogP contribution in [0.3, 0.4) is 0 Å². The van der Waals surface area contributed by atoms with Crippen molar-refractivity contribution < 1.29 is 19.1 Å². The van der Waals surface area contributed by atoms with E-state index in [-0.39, 0.29) is 25.4 Å². The molecule has 0 aromatic heterocycles. The molecule has 0 spiro atoms. The van der Waals surface area contributed by atoms with Crippen molar-refractivity contribution in [2.75, 3.05) is 13.2 Å². The van der Waals surface area contributed by atoms with Crippen LogP contribution in [-0.4, -0.2) is 30.8 Å². The summed E-state index contributed by atoms with van der Waals surface area (Å²) in [6, 6.07) is 17.7. The molecule has 2 rings (SSSR count). The third-order valence-corrected chi connectivity index (χ3v) is 3.90. The summed E-state index contributed by atoms with van der Waals surface area (Å²) < 4.78 is 5.01. The monoisotopic (exact) mass is 353 g/mol. The predicted molar refractivity (Wildman–Crippen MR) is 99.4 cm³/mol. The Hall–Kier alpha value is -2.95. The maximum atomic E-state index is 12.3. The van der Waals surface area contributed by atoms with Crippen molar-refractivity contribution >= 4 is 17.7 Å². The van der Waals surface area contributed by atoms with E-state index in [9.17, 15) is 14.4 Å². The van der Waals surface area contributed by atoms with E-state index in [1.165, 1.54) is 6.92 Å². The number of ketones is 1. The number of esters is 1.